The van der Waals surface area contributed by atoms with Gasteiger partial charge in [0, 0.05) is 18.1 Å². The van der Waals surface area contributed by atoms with E-state index in [4.69, 9.17) is 11.6 Å². The van der Waals surface area contributed by atoms with E-state index in [1.165, 1.54) is 37.0 Å². The molecule has 0 bridgehead atoms. The second-order valence-corrected chi connectivity index (χ2v) is 11.0. The molecule has 1 heterocycles. The molecular formula is C27H30ClN3O3S. The van der Waals surface area contributed by atoms with Gasteiger partial charge in [-0.1, -0.05) is 66.6 Å². The highest BCUT2D eigenvalue weighted by atomic mass is 35.5. The Labute approximate surface area is 212 Å². The number of nitrogens with zero attached hydrogens (tertiary/aromatic N) is 2. The quantitative estimate of drug-likeness (QED) is 0.446. The summed E-state index contributed by atoms with van der Waals surface area (Å²) in [7, 11) is -3.97. The molecule has 1 N–H and O–H groups in total. The van der Waals surface area contributed by atoms with Crippen LogP contribution < -0.4 is 9.62 Å². The van der Waals surface area contributed by atoms with Crippen LogP contribution in [-0.2, 0) is 27.9 Å². The molecule has 6 nitrogen and oxygen atoms in total. The molecule has 0 saturated carbocycles. The summed E-state index contributed by atoms with van der Waals surface area (Å²) in [5, 5.41) is 3.31. The number of nitrogens with one attached hydrogen (secondary N) is 1. The van der Waals surface area contributed by atoms with Gasteiger partial charge in [-0.2, -0.15) is 0 Å². The lowest BCUT2D eigenvalue weighted by Crippen LogP contribution is -2.40. The monoisotopic (exact) mass is 511 g/mol. The van der Waals surface area contributed by atoms with Crippen molar-refractivity contribution in [1.29, 1.82) is 0 Å². The molecule has 0 atom stereocenters. The summed E-state index contributed by atoms with van der Waals surface area (Å²) >= 11 is 6.13. The number of sulfonamides is 1. The lowest BCUT2D eigenvalue weighted by Gasteiger charge is -2.27. The van der Waals surface area contributed by atoms with E-state index in [-0.39, 0.29) is 11.4 Å². The highest BCUT2D eigenvalue weighted by Gasteiger charge is 2.27. The number of carbonyl (C=O) groups excluding carboxylic acids is 1. The molecule has 0 unspecified atom stereocenters. The second kappa shape index (κ2) is 11.7. The van der Waals surface area contributed by atoms with Crippen LogP contribution in [0.4, 0.5) is 5.69 Å². The maximum atomic E-state index is 13.4. The number of carbonyl (C=O) groups is 1. The predicted molar refractivity (Wildman–Crippen MR) is 140 cm³/mol. The first kappa shape index (κ1) is 25.2. The Balaban J connectivity index is 1.49. The third-order valence-electron chi connectivity index (χ3n) is 6.15. The lowest BCUT2D eigenvalue weighted by atomic mass is 10.0. The standard InChI is InChI=1S/C27H30ClN3O3S/c28-24-12-9-13-25(18-24)31(35(33,34)26-14-3-1-4-15-26)21-27(32)29-19-22-10-5-6-11-23(22)20-30-16-7-2-8-17-30/h1,3-6,9-15,18H,2,7-8,16-17,19-21H2,(H,29,32). The Kier molecular flexibility index (Phi) is 8.44. The zero-order chi connectivity index (χ0) is 24.7. The smallest absolute Gasteiger partial charge is 0.264 e. The molecule has 4 rings (SSSR count). The van der Waals surface area contributed by atoms with Gasteiger partial charge >= 0.3 is 0 Å². The van der Waals surface area contributed by atoms with Crippen molar-refractivity contribution in [2.75, 3.05) is 23.9 Å². The maximum Gasteiger partial charge on any atom is 0.264 e. The van der Waals surface area contributed by atoms with Gasteiger partial charge in [-0.25, -0.2) is 8.42 Å². The molecular weight excluding hydrogens is 482 g/mol. The fourth-order valence-electron chi connectivity index (χ4n) is 4.29. The predicted octanol–water partition coefficient (Wildman–Crippen LogP) is 4.84. The Hall–Kier alpha value is -2.87. The van der Waals surface area contributed by atoms with Crippen LogP contribution in [0.5, 0.6) is 0 Å². The summed E-state index contributed by atoms with van der Waals surface area (Å²) in [4.78, 5) is 15.6. The number of anilines is 1. The molecule has 3 aromatic carbocycles. The first-order chi connectivity index (χ1) is 16.9. The van der Waals surface area contributed by atoms with Crippen molar-refractivity contribution in [3.8, 4) is 0 Å². The van der Waals surface area contributed by atoms with E-state index in [2.05, 4.69) is 16.3 Å². The van der Waals surface area contributed by atoms with E-state index in [1.807, 2.05) is 18.2 Å². The van der Waals surface area contributed by atoms with Crippen molar-refractivity contribution in [2.24, 2.45) is 0 Å². The first-order valence-corrected chi connectivity index (χ1v) is 13.6. The van der Waals surface area contributed by atoms with E-state index < -0.39 is 15.9 Å². The van der Waals surface area contributed by atoms with Gasteiger partial charge in [0.05, 0.1) is 10.6 Å². The fourth-order valence-corrected chi connectivity index (χ4v) is 5.91. The molecule has 1 fully saturated rings. The topological polar surface area (TPSA) is 69.7 Å². The van der Waals surface area contributed by atoms with Gasteiger partial charge in [-0.15, -0.1) is 0 Å². The van der Waals surface area contributed by atoms with Crippen molar-refractivity contribution in [3.63, 3.8) is 0 Å². The molecule has 3 aromatic rings. The molecule has 0 radical (unpaired) electrons. The van der Waals surface area contributed by atoms with Crippen LogP contribution in [0.15, 0.2) is 83.8 Å². The molecule has 35 heavy (non-hydrogen) atoms. The van der Waals surface area contributed by atoms with Crippen LogP contribution in [0.2, 0.25) is 5.02 Å². The minimum atomic E-state index is -3.97. The van der Waals surface area contributed by atoms with E-state index in [9.17, 15) is 13.2 Å². The number of likely N-dealkylation sites (tertiary alicyclic amines) is 1. The average molecular weight is 512 g/mol. The Morgan fingerprint density at radius 2 is 1.57 bits per heavy atom. The van der Waals surface area contributed by atoms with Gasteiger partial charge in [0.2, 0.25) is 5.91 Å². The van der Waals surface area contributed by atoms with Crippen LogP contribution in [0.25, 0.3) is 0 Å². The largest absolute Gasteiger partial charge is 0.350 e. The number of piperidine rings is 1. The molecule has 0 aliphatic carbocycles. The van der Waals surface area contributed by atoms with Gasteiger partial charge in [0.25, 0.3) is 10.0 Å². The molecule has 1 aliphatic rings. The summed E-state index contributed by atoms with van der Waals surface area (Å²) in [6.45, 7) is 3.01. The number of hydrogen-bond acceptors (Lipinski definition) is 4. The average Bonchev–Trinajstić information content (AvgIpc) is 2.88. The van der Waals surface area contributed by atoms with Crippen LogP contribution in [-0.4, -0.2) is 38.9 Å². The second-order valence-electron chi connectivity index (χ2n) is 8.69. The van der Waals surface area contributed by atoms with Crippen molar-refractivity contribution in [1.82, 2.24) is 10.2 Å². The van der Waals surface area contributed by atoms with Crippen LogP contribution in [0, 0.1) is 0 Å². The normalized spacial score (nSPS) is 14.4. The van der Waals surface area contributed by atoms with Gasteiger partial charge in [-0.3, -0.25) is 14.0 Å². The molecule has 8 heteroatoms. The van der Waals surface area contributed by atoms with Crippen LogP contribution >= 0.6 is 11.6 Å². The summed E-state index contributed by atoms with van der Waals surface area (Å²) in [6, 6.07) is 22.7. The highest BCUT2D eigenvalue weighted by Crippen LogP contribution is 2.26. The Morgan fingerprint density at radius 1 is 0.886 bits per heavy atom. The molecule has 1 saturated heterocycles. The number of hydrogen-bond donors (Lipinski definition) is 1. The molecule has 184 valence electrons. The highest BCUT2D eigenvalue weighted by molar-refractivity contribution is 7.92. The third kappa shape index (κ3) is 6.63. The molecule has 0 spiro atoms. The number of rotatable bonds is 9. The summed E-state index contributed by atoms with van der Waals surface area (Å²) < 4.78 is 28.0. The van der Waals surface area contributed by atoms with Crippen molar-refractivity contribution < 1.29 is 13.2 Å². The summed E-state index contributed by atoms with van der Waals surface area (Å²) in [6.07, 6.45) is 3.71. The number of benzene rings is 3. The van der Waals surface area contributed by atoms with Gasteiger partial charge < -0.3 is 5.32 Å². The summed E-state index contributed by atoms with van der Waals surface area (Å²) in [5.41, 5.74) is 2.55. The number of amides is 1. The minimum Gasteiger partial charge on any atom is -0.350 e. The van der Waals surface area contributed by atoms with Crippen molar-refractivity contribution >= 4 is 33.2 Å². The van der Waals surface area contributed by atoms with Gasteiger partial charge in [0.15, 0.2) is 0 Å². The lowest BCUT2D eigenvalue weighted by molar-refractivity contribution is -0.119. The zero-order valence-electron chi connectivity index (χ0n) is 19.6. The molecule has 1 amide bonds. The fraction of sp³-hybridized carbons (Fsp3) is 0.296. The first-order valence-electron chi connectivity index (χ1n) is 11.8. The molecule has 1 aliphatic heterocycles. The Bertz CT molecular complexity index is 1250. The van der Waals surface area contributed by atoms with Crippen molar-refractivity contribution in [2.45, 2.75) is 37.2 Å². The van der Waals surface area contributed by atoms with E-state index in [1.54, 1.807) is 42.5 Å². The van der Waals surface area contributed by atoms with Gasteiger partial charge in [0.1, 0.15) is 6.54 Å². The van der Waals surface area contributed by atoms with Gasteiger partial charge in [-0.05, 0) is 67.4 Å². The SMILES string of the molecule is O=C(CN(c1cccc(Cl)c1)S(=O)(=O)c1ccccc1)NCc1ccccc1CN1CCCCC1. The summed E-state index contributed by atoms with van der Waals surface area (Å²) in [5.74, 6) is -0.391. The Morgan fingerprint density at radius 3 is 2.29 bits per heavy atom. The van der Waals surface area contributed by atoms with E-state index in [0.717, 1.165) is 29.5 Å². The van der Waals surface area contributed by atoms with Crippen LogP contribution in [0.3, 0.4) is 0 Å². The maximum absolute atomic E-state index is 13.4. The van der Waals surface area contributed by atoms with Crippen molar-refractivity contribution in [3.05, 3.63) is 95.0 Å². The van der Waals surface area contributed by atoms with E-state index >= 15 is 0 Å². The van der Waals surface area contributed by atoms with Crippen LogP contribution in [0.1, 0.15) is 30.4 Å². The van der Waals surface area contributed by atoms with E-state index in [0.29, 0.717) is 17.3 Å². The zero-order valence-corrected chi connectivity index (χ0v) is 21.1. The number of halogens is 1. The third-order valence-corrected chi connectivity index (χ3v) is 8.17. The minimum absolute atomic E-state index is 0.111. The molecule has 0 aromatic heterocycles.